The number of unbranched alkanes of at least 4 members (excludes halogenated alkanes) is 4. The van der Waals surface area contributed by atoms with Gasteiger partial charge < -0.3 is 29.4 Å². The minimum Gasteiger partial charge on any atom is -0.497 e. The van der Waals surface area contributed by atoms with Crippen molar-refractivity contribution in [3.63, 3.8) is 0 Å². The van der Waals surface area contributed by atoms with Crippen LogP contribution in [-0.2, 0) is 15.0 Å². The van der Waals surface area contributed by atoms with E-state index in [1.165, 1.54) is 25.7 Å². The Labute approximate surface area is 363 Å². The van der Waals surface area contributed by atoms with E-state index in [0.717, 1.165) is 89.9 Å². The van der Waals surface area contributed by atoms with E-state index in [9.17, 15) is 9.59 Å². The Bertz CT molecular complexity index is 2140. The van der Waals surface area contributed by atoms with Gasteiger partial charge in [0, 0.05) is 35.3 Å². The number of methoxy groups -OCH3 is 2. The van der Waals surface area contributed by atoms with Gasteiger partial charge in [0.2, 0.25) is 5.91 Å². The van der Waals surface area contributed by atoms with E-state index in [2.05, 4.69) is 109 Å². The highest BCUT2D eigenvalue weighted by atomic mass is 16.5. The molecule has 320 valence electrons. The van der Waals surface area contributed by atoms with Crippen LogP contribution in [0.25, 0.3) is 22.4 Å². The quantitative estimate of drug-likeness (QED) is 0.0390. The van der Waals surface area contributed by atoms with Gasteiger partial charge in [0.05, 0.1) is 25.7 Å². The minimum absolute atomic E-state index is 0.0260. The fourth-order valence-corrected chi connectivity index (χ4v) is 7.15. The van der Waals surface area contributed by atoms with Crippen molar-refractivity contribution in [2.75, 3.05) is 26.1 Å². The molecule has 0 bridgehead atoms. The van der Waals surface area contributed by atoms with Gasteiger partial charge in [-0.3, -0.25) is 4.79 Å². The summed E-state index contributed by atoms with van der Waals surface area (Å²) in [5.74, 6) is 1.38. The molecule has 1 heterocycles. The van der Waals surface area contributed by atoms with E-state index >= 15 is 0 Å². The Kier molecular flexibility index (Phi) is 18.7. The summed E-state index contributed by atoms with van der Waals surface area (Å²) in [6.07, 6.45) is 35.9. The fourth-order valence-electron chi connectivity index (χ4n) is 7.15. The number of nitrogens with one attached hydrogen (secondary N) is 2. The lowest BCUT2D eigenvalue weighted by Crippen LogP contribution is -2.26. The Balaban J connectivity index is 1.06. The molecule has 0 aliphatic heterocycles. The molecule has 1 amide bonds. The maximum Gasteiger partial charge on any atom is 0.224 e. The van der Waals surface area contributed by atoms with Gasteiger partial charge in [-0.2, -0.15) is 0 Å². The van der Waals surface area contributed by atoms with Gasteiger partial charge in [-0.1, -0.05) is 117 Å². The fraction of sp³-hybridized carbons (Fsp3) is 0.340. The Morgan fingerprint density at radius 2 is 1.38 bits per heavy atom. The lowest BCUT2D eigenvalue weighted by Gasteiger charge is -2.29. The van der Waals surface area contributed by atoms with Gasteiger partial charge in [0.1, 0.15) is 23.5 Å². The summed E-state index contributed by atoms with van der Waals surface area (Å²) in [5, 5.41) is 11.0. The van der Waals surface area contributed by atoms with Gasteiger partial charge in [0.15, 0.2) is 5.76 Å². The van der Waals surface area contributed by atoms with Crippen molar-refractivity contribution in [2.24, 2.45) is 0 Å². The van der Waals surface area contributed by atoms with Crippen molar-refractivity contribution < 1.29 is 23.6 Å². The molecule has 61 heavy (non-hydrogen) atoms. The lowest BCUT2D eigenvalue weighted by molar-refractivity contribution is -0.116. The zero-order chi connectivity index (χ0) is 43.1. The third-order valence-corrected chi connectivity index (χ3v) is 10.9. The van der Waals surface area contributed by atoms with Gasteiger partial charge in [-0.25, -0.2) is 0 Å². The largest absolute Gasteiger partial charge is 0.497 e. The SMILES string of the molecule is CCCCC/C=C\C/C=C\C/C=C\C/C=C\CCCC(=O)Nc1ccc(C2(C)C=CC(NCC(C=O)c3onc(-c4ccc(OC)cc4)c3-c3ccc(OC)cc3)=CC2)cc1. The number of rotatable bonds is 25. The number of aldehydes is 1. The molecular formula is C53H63N3O5. The number of aromatic nitrogens is 1. The molecule has 2 atom stereocenters. The number of ether oxygens (including phenoxy) is 2. The van der Waals surface area contributed by atoms with E-state index < -0.39 is 5.92 Å². The van der Waals surface area contributed by atoms with Crippen LogP contribution in [0.5, 0.6) is 11.5 Å². The number of allylic oxidation sites excluding steroid dienone is 11. The Hall–Kier alpha value is -6.15. The summed E-state index contributed by atoms with van der Waals surface area (Å²) in [5.41, 5.74) is 5.78. The summed E-state index contributed by atoms with van der Waals surface area (Å²) in [7, 11) is 3.26. The van der Waals surface area contributed by atoms with Crippen molar-refractivity contribution in [1.29, 1.82) is 0 Å². The smallest absolute Gasteiger partial charge is 0.224 e. The maximum atomic E-state index is 12.7. The average molecular weight is 822 g/mol. The van der Waals surface area contributed by atoms with Crippen LogP contribution in [0.4, 0.5) is 5.69 Å². The number of nitrogens with zero attached hydrogens (tertiary/aromatic N) is 1. The molecule has 4 aromatic rings. The molecule has 5 rings (SSSR count). The first kappa shape index (κ1) is 45.9. The summed E-state index contributed by atoms with van der Waals surface area (Å²) in [4.78, 5) is 25.3. The third-order valence-electron chi connectivity index (χ3n) is 10.9. The van der Waals surface area contributed by atoms with Crippen molar-refractivity contribution in [1.82, 2.24) is 10.5 Å². The van der Waals surface area contributed by atoms with Gasteiger partial charge >= 0.3 is 0 Å². The van der Waals surface area contributed by atoms with E-state index in [1.54, 1.807) is 14.2 Å². The molecule has 2 N–H and O–H groups in total. The molecule has 0 spiro atoms. The van der Waals surface area contributed by atoms with E-state index in [-0.39, 0.29) is 11.3 Å². The van der Waals surface area contributed by atoms with Crippen molar-refractivity contribution >= 4 is 17.9 Å². The van der Waals surface area contributed by atoms with Crippen molar-refractivity contribution in [3.05, 3.63) is 157 Å². The zero-order valence-corrected chi connectivity index (χ0v) is 36.4. The molecule has 0 saturated carbocycles. The summed E-state index contributed by atoms with van der Waals surface area (Å²) in [6, 6.07) is 23.4. The second-order valence-corrected chi connectivity index (χ2v) is 15.6. The number of carbonyl (C=O) groups excluding carboxylic acids is 2. The average Bonchev–Trinajstić information content (AvgIpc) is 3.73. The van der Waals surface area contributed by atoms with Gasteiger partial charge in [-0.05, 0) is 117 Å². The zero-order valence-electron chi connectivity index (χ0n) is 36.4. The van der Waals surface area contributed by atoms with E-state index in [1.807, 2.05) is 60.7 Å². The first-order valence-electron chi connectivity index (χ1n) is 21.7. The van der Waals surface area contributed by atoms with Crippen LogP contribution in [0.15, 0.2) is 150 Å². The second-order valence-electron chi connectivity index (χ2n) is 15.6. The predicted octanol–water partition coefficient (Wildman–Crippen LogP) is 12.8. The molecule has 1 aliphatic rings. The number of hydrogen-bond donors (Lipinski definition) is 2. The van der Waals surface area contributed by atoms with Crippen LogP contribution in [-0.4, -0.2) is 38.1 Å². The predicted molar refractivity (Wildman–Crippen MR) is 250 cm³/mol. The number of carbonyl (C=O) groups is 2. The van der Waals surface area contributed by atoms with Crippen molar-refractivity contribution in [2.45, 2.75) is 95.8 Å². The maximum absolute atomic E-state index is 12.7. The topological polar surface area (TPSA) is 103 Å². The number of hydrogen-bond acceptors (Lipinski definition) is 7. The van der Waals surface area contributed by atoms with Crippen LogP contribution in [0.1, 0.15) is 102 Å². The Morgan fingerprint density at radius 1 is 0.787 bits per heavy atom. The van der Waals surface area contributed by atoms with Crippen LogP contribution in [0, 0.1) is 0 Å². The van der Waals surface area contributed by atoms with Gasteiger partial charge in [-0.15, -0.1) is 0 Å². The molecule has 1 aromatic heterocycles. The molecule has 0 radical (unpaired) electrons. The number of amides is 1. The van der Waals surface area contributed by atoms with Crippen LogP contribution < -0.4 is 20.1 Å². The molecule has 3 aromatic carbocycles. The molecular weight excluding hydrogens is 759 g/mol. The lowest BCUT2D eigenvalue weighted by atomic mass is 9.77. The molecule has 2 unspecified atom stereocenters. The summed E-state index contributed by atoms with van der Waals surface area (Å²) in [6.45, 7) is 4.76. The molecule has 1 aliphatic carbocycles. The first-order valence-corrected chi connectivity index (χ1v) is 21.7. The summed E-state index contributed by atoms with van der Waals surface area (Å²) < 4.78 is 16.7. The van der Waals surface area contributed by atoms with Crippen molar-refractivity contribution in [3.8, 4) is 33.9 Å². The standard InChI is InChI=1S/C53H63N3O5/c1-5-6-7-8-9-10-11-12-13-14-15-16-17-18-19-20-21-22-49(58)55-46-29-27-44(28-30-46)53(2)37-35-45(36-38-53)54-39-43(40-57)52-50(41-23-31-47(59-3)32-24-41)51(56-61-52)42-25-33-48(60-4)34-26-42/h9-10,12-13,15-16,18-19,23-37,40,43,54H,5-8,11,14,17,20-22,38-39H2,1-4H3,(H,55,58)/b10-9-,13-12-,16-15-,19-18-. The van der Waals surface area contributed by atoms with E-state index in [4.69, 9.17) is 14.0 Å². The molecule has 0 fully saturated rings. The normalized spacial score (nSPS) is 15.8. The Morgan fingerprint density at radius 3 is 1.93 bits per heavy atom. The van der Waals surface area contributed by atoms with Gasteiger partial charge in [0.25, 0.3) is 0 Å². The molecule has 0 saturated heterocycles. The summed E-state index contributed by atoms with van der Waals surface area (Å²) >= 11 is 0. The van der Waals surface area contributed by atoms with Crippen LogP contribution in [0.3, 0.4) is 0 Å². The number of anilines is 1. The van der Waals surface area contributed by atoms with E-state index in [0.29, 0.717) is 24.4 Å². The highest BCUT2D eigenvalue weighted by Crippen LogP contribution is 2.39. The first-order chi connectivity index (χ1) is 29.9. The monoisotopic (exact) mass is 821 g/mol. The highest BCUT2D eigenvalue weighted by Gasteiger charge is 2.28. The van der Waals surface area contributed by atoms with Crippen LogP contribution >= 0.6 is 0 Å². The minimum atomic E-state index is -0.596. The molecule has 8 heteroatoms. The van der Waals surface area contributed by atoms with Crippen LogP contribution in [0.2, 0.25) is 0 Å². The third kappa shape index (κ3) is 14.2. The second kappa shape index (κ2) is 24.8. The molecule has 8 nitrogen and oxygen atoms in total. The number of benzene rings is 3. The highest BCUT2D eigenvalue weighted by molar-refractivity contribution is 5.90.